The van der Waals surface area contributed by atoms with E-state index in [1.807, 2.05) is 6.92 Å². The number of carbonyl (C=O) groups excluding carboxylic acids is 2. The summed E-state index contributed by atoms with van der Waals surface area (Å²) >= 11 is 0. The molecule has 0 aliphatic carbocycles. The minimum atomic E-state index is -0.770. The number of hydrogen-bond donors (Lipinski definition) is 0. The Morgan fingerprint density at radius 3 is 2.20 bits per heavy atom. The lowest BCUT2D eigenvalue weighted by Crippen LogP contribution is -2.15. The zero-order valence-corrected chi connectivity index (χ0v) is 12.2. The number of esters is 2. The molecule has 0 saturated carbocycles. The molecule has 0 N–H and O–H groups in total. The minimum absolute atomic E-state index is 0.00468. The molecule has 0 heterocycles. The molecule has 0 bridgehead atoms. The van der Waals surface area contributed by atoms with Crippen molar-refractivity contribution >= 4 is 11.9 Å². The third kappa shape index (κ3) is 6.78. The molecule has 0 rings (SSSR count). The van der Waals surface area contributed by atoms with Gasteiger partial charge in [0.15, 0.2) is 5.57 Å². The molecule has 0 aromatic rings. The van der Waals surface area contributed by atoms with Gasteiger partial charge in [-0.1, -0.05) is 13.3 Å². The van der Waals surface area contributed by atoms with Crippen LogP contribution < -0.4 is 0 Å². The van der Waals surface area contributed by atoms with Gasteiger partial charge >= 0.3 is 11.9 Å². The van der Waals surface area contributed by atoms with Crippen molar-refractivity contribution in [2.45, 2.75) is 40.0 Å². The zero-order valence-electron chi connectivity index (χ0n) is 12.2. The van der Waals surface area contributed by atoms with Gasteiger partial charge in [-0.15, -0.1) is 0 Å². The first-order chi connectivity index (χ1) is 9.60. The van der Waals surface area contributed by atoms with E-state index in [1.54, 1.807) is 19.9 Å². The summed E-state index contributed by atoms with van der Waals surface area (Å²) in [5.41, 5.74) is -0.281. The molecule has 0 amide bonds. The molecular weight excluding hydrogens is 262 g/mol. The average molecular weight is 283 g/mol. The maximum absolute atomic E-state index is 11.8. The molecule has 0 unspecified atom stereocenters. The smallest absolute Gasteiger partial charge is 0.352 e. The molecule has 0 saturated heterocycles. The predicted molar refractivity (Wildman–Crippen MR) is 71.4 cm³/mol. The summed E-state index contributed by atoms with van der Waals surface area (Å²) < 4.78 is 14.9. The van der Waals surface area contributed by atoms with Crippen molar-refractivity contribution in [3.05, 3.63) is 11.3 Å². The fourth-order valence-electron chi connectivity index (χ4n) is 1.33. The molecule has 0 radical (unpaired) electrons. The lowest BCUT2D eigenvalue weighted by Gasteiger charge is -2.10. The van der Waals surface area contributed by atoms with Crippen molar-refractivity contribution in [1.29, 1.82) is 5.26 Å². The molecule has 0 aromatic carbocycles. The van der Waals surface area contributed by atoms with Crippen LogP contribution in [0.1, 0.15) is 40.0 Å². The normalized spacial score (nSPS) is 11.1. The van der Waals surface area contributed by atoms with E-state index in [4.69, 9.17) is 19.5 Å². The van der Waals surface area contributed by atoms with Crippen LogP contribution in [0.5, 0.6) is 0 Å². The third-order valence-electron chi connectivity index (χ3n) is 2.25. The van der Waals surface area contributed by atoms with E-state index in [9.17, 15) is 9.59 Å². The van der Waals surface area contributed by atoms with Crippen molar-refractivity contribution in [1.82, 2.24) is 0 Å². The Morgan fingerprint density at radius 1 is 1.05 bits per heavy atom. The SMILES string of the molecule is CCCCOC(=O)/C(C#N)=C(\CC(=O)OCC)OCC. The molecule has 0 spiro atoms. The third-order valence-corrected chi connectivity index (χ3v) is 2.25. The highest BCUT2D eigenvalue weighted by molar-refractivity contribution is 5.94. The Hall–Kier alpha value is -2.03. The Balaban J connectivity index is 4.94. The van der Waals surface area contributed by atoms with E-state index in [1.165, 1.54) is 0 Å². The number of nitriles is 1. The first-order valence-corrected chi connectivity index (χ1v) is 6.69. The van der Waals surface area contributed by atoms with E-state index in [0.717, 1.165) is 6.42 Å². The lowest BCUT2D eigenvalue weighted by atomic mass is 10.2. The molecule has 0 fully saturated rings. The molecule has 20 heavy (non-hydrogen) atoms. The summed E-state index contributed by atoms with van der Waals surface area (Å²) in [6.45, 7) is 6.03. The summed E-state index contributed by atoms with van der Waals surface area (Å²) in [5, 5.41) is 9.05. The van der Waals surface area contributed by atoms with Crippen LogP contribution in [0.3, 0.4) is 0 Å². The van der Waals surface area contributed by atoms with Gasteiger partial charge in [-0.05, 0) is 20.3 Å². The van der Waals surface area contributed by atoms with Crippen LogP contribution in [0.25, 0.3) is 0 Å². The second-order valence-electron chi connectivity index (χ2n) is 3.81. The Kier molecular flexibility index (Phi) is 9.75. The van der Waals surface area contributed by atoms with Crippen LogP contribution in [0.2, 0.25) is 0 Å². The van der Waals surface area contributed by atoms with Gasteiger partial charge in [0.25, 0.3) is 0 Å². The van der Waals surface area contributed by atoms with E-state index in [0.29, 0.717) is 6.42 Å². The van der Waals surface area contributed by atoms with E-state index >= 15 is 0 Å². The number of carbonyl (C=O) groups is 2. The van der Waals surface area contributed by atoms with E-state index in [2.05, 4.69) is 0 Å². The Labute approximate surface area is 119 Å². The number of rotatable bonds is 9. The molecule has 6 nitrogen and oxygen atoms in total. The predicted octanol–water partition coefficient (Wildman–Crippen LogP) is 2.10. The number of hydrogen-bond acceptors (Lipinski definition) is 6. The Morgan fingerprint density at radius 2 is 1.70 bits per heavy atom. The average Bonchev–Trinajstić information content (AvgIpc) is 2.40. The van der Waals surface area contributed by atoms with Gasteiger partial charge in [0.1, 0.15) is 18.2 Å². The molecule has 0 aliphatic rings. The summed E-state index contributed by atoms with van der Waals surface area (Å²) in [6, 6.07) is 1.73. The first-order valence-electron chi connectivity index (χ1n) is 6.69. The van der Waals surface area contributed by atoms with Gasteiger partial charge in [0, 0.05) is 0 Å². The maximum atomic E-state index is 11.8. The second-order valence-corrected chi connectivity index (χ2v) is 3.81. The zero-order chi connectivity index (χ0) is 15.4. The molecule has 0 aromatic heterocycles. The first kappa shape index (κ1) is 18.0. The van der Waals surface area contributed by atoms with Crippen LogP contribution in [-0.2, 0) is 23.8 Å². The van der Waals surface area contributed by atoms with Crippen molar-refractivity contribution in [2.24, 2.45) is 0 Å². The molecular formula is C14H21NO5. The molecule has 6 heteroatoms. The fourth-order valence-corrected chi connectivity index (χ4v) is 1.33. The summed E-state index contributed by atoms with van der Waals surface area (Å²) in [4.78, 5) is 23.2. The van der Waals surface area contributed by atoms with Crippen LogP contribution >= 0.6 is 0 Å². The van der Waals surface area contributed by atoms with Gasteiger partial charge in [0.2, 0.25) is 0 Å². The van der Waals surface area contributed by atoms with Gasteiger partial charge in [0.05, 0.1) is 19.8 Å². The maximum Gasteiger partial charge on any atom is 0.352 e. The van der Waals surface area contributed by atoms with Crippen molar-refractivity contribution in [2.75, 3.05) is 19.8 Å². The fraction of sp³-hybridized carbons (Fsp3) is 0.643. The van der Waals surface area contributed by atoms with Crippen LogP contribution in [0.4, 0.5) is 0 Å². The summed E-state index contributed by atoms with van der Waals surface area (Å²) in [5.74, 6) is -1.33. The van der Waals surface area contributed by atoms with Gasteiger partial charge in [-0.3, -0.25) is 4.79 Å². The lowest BCUT2D eigenvalue weighted by molar-refractivity contribution is -0.143. The van der Waals surface area contributed by atoms with Crippen LogP contribution in [0.15, 0.2) is 11.3 Å². The summed E-state index contributed by atoms with van der Waals surface area (Å²) in [6.07, 6.45) is 1.33. The molecule has 0 aliphatic heterocycles. The van der Waals surface area contributed by atoms with Crippen molar-refractivity contribution < 1.29 is 23.8 Å². The second kappa shape index (κ2) is 10.9. The standard InChI is InChI=1S/C14H21NO5/c1-4-7-8-20-14(17)11(10-15)12(18-5-2)9-13(16)19-6-3/h4-9H2,1-3H3/b12-11+. The topological polar surface area (TPSA) is 85.6 Å². The van der Waals surface area contributed by atoms with Gasteiger partial charge < -0.3 is 14.2 Å². The van der Waals surface area contributed by atoms with Crippen molar-refractivity contribution in [3.63, 3.8) is 0 Å². The summed E-state index contributed by atoms with van der Waals surface area (Å²) in [7, 11) is 0. The highest BCUT2D eigenvalue weighted by atomic mass is 16.5. The van der Waals surface area contributed by atoms with E-state index in [-0.39, 0.29) is 37.6 Å². The van der Waals surface area contributed by atoms with Gasteiger partial charge in [-0.25, -0.2) is 4.79 Å². The van der Waals surface area contributed by atoms with Crippen LogP contribution in [-0.4, -0.2) is 31.8 Å². The van der Waals surface area contributed by atoms with Crippen LogP contribution in [0, 0.1) is 11.3 Å². The highest BCUT2D eigenvalue weighted by Crippen LogP contribution is 2.13. The molecule has 112 valence electrons. The highest BCUT2D eigenvalue weighted by Gasteiger charge is 2.21. The number of nitrogens with zero attached hydrogens (tertiary/aromatic N) is 1. The van der Waals surface area contributed by atoms with Crippen molar-refractivity contribution in [3.8, 4) is 6.07 Å². The molecule has 0 atom stereocenters. The number of ether oxygens (including phenoxy) is 3. The number of unbranched alkanes of at least 4 members (excludes halogenated alkanes) is 1. The quantitative estimate of drug-likeness (QED) is 0.212. The minimum Gasteiger partial charge on any atom is -0.496 e. The van der Waals surface area contributed by atoms with E-state index < -0.39 is 11.9 Å². The Bertz CT molecular complexity index is 395. The largest absolute Gasteiger partial charge is 0.496 e. The monoisotopic (exact) mass is 283 g/mol. The van der Waals surface area contributed by atoms with Gasteiger partial charge in [-0.2, -0.15) is 5.26 Å².